The molecule has 1 saturated heterocycles. The largest absolute Gasteiger partial charge is 0.376 e. The first-order chi connectivity index (χ1) is 18.6. The number of amides is 1. The quantitative estimate of drug-likeness (QED) is 0.358. The van der Waals surface area contributed by atoms with Crippen molar-refractivity contribution >= 4 is 33.3 Å². The molecule has 0 spiro atoms. The van der Waals surface area contributed by atoms with Crippen molar-refractivity contribution in [3.05, 3.63) is 118 Å². The molecule has 2 aliphatic heterocycles. The predicted octanol–water partition coefficient (Wildman–Crippen LogP) is 5.42. The van der Waals surface area contributed by atoms with E-state index in [0.717, 1.165) is 44.9 Å². The zero-order valence-corrected chi connectivity index (χ0v) is 21.0. The molecule has 4 heterocycles. The zero-order valence-electron chi connectivity index (χ0n) is 21.0. The van der Waals surface area contributed by atoms with Crippen LogP contribution in [0.4, 0.5) is 5.69 Å². The number of carbonyl (C=O) groups is 1. The van der Waals surface area contributed by atoms with Gasteiger partial charge in [0.2, 0.25) is 0 Å². The normalized spacial score (nSPS) is 18.4. The Balaban J connectivity index is 1.10. The molecule has 3 aromatic carbocycles. The van der Waals surface area contributed by atoms with Crippen molar-refractivity contribution in [3.8, 4) is 0 Å². The topological polar surface area (TPSA) is 67.2 Å². The molecular formula is C32H28N4O2. The van der Waals surface area contributed by atoms with Gasteiger partial charge in [-0.25, -0.2) is 0 Å². The molecule has 1 amide bonds. The fourth-order valence-corrected chi connectivity index (χ4v) is 6.16. The van der Waals surface area contributed by atoms with Crippen LogP contribution in [0.3, 0.4) is 0 Å². The third kappa shape index (κ3) is 4.02. The molecule has 0 aliphatic carbocycles. The number of rotatable bonds is 4. The number of para-hydroxylation sites is 1. The molecule has 2 aromatic heterocycles. The molecule has 6 nitrogen and oxygen atoms in total. The van der Waals surface area contributed by atoms with Gasteiger partial charge in [0, 0.05) is 54.9 Å². The highest BCUT2D eigenvalue weighted by Crippen LogP contribution is 2.36. The van der Waals surface area contributed by atoms with Gasteiger partial charge in [0.1, 0.15) is 5.69 Å². The van der Waals surface area contributed by atoms with E-state index in [9.17, 15) is 9.59 Å². The van der Waals surface area contributed by atoms with Crippen LogP contribution in [0.1, 0.15) is 34.0 Å². The summed E-state index contributed by atoms with van der Waals surface area (Å²) >= 11 is 0. The number of hydrogen-bond acceptors (Lipinski definition) is 4. The first kappa shape index (κ1) is 22.7. The maximum Gasteiger partial charge on any atom is 0.274 e. The number of nitrogens with zero attached hydrogens (tertiary/aromatic N) is 3. The zero-order chi connectivity index (χ0) is 25.6. The first-order valence-electron chi connectivity index (χ1n) is 13.2. The van der Waals surface area contributed by atoms with E-state index in [1.807, 2.05) is 82.4 Å². The number of hydrogen-bond donors (Lipinski definition) is 1. The van der Waals surface area contributed by atoms with Crippen LogP contribution in [0, 0.1) is 5.92 Å². The van der Waals surface area contributed by atoms with Gasteiger partial charge < -0.3 is 14.8 Å². The average molecular weight is 501 g/mol. The number of pyridine rings is 2. The van der Waals surface area contributed by atoms with Gasteiger partial charge in [-0.15, -0.1) is 0 Å². The van der Waals surface area contributed by atoms with Crippen LogP contribution in [-0.2, 0) is 13.1 Å². The minimum absolute atomic E-state index is 0.0141. The summed E-state index contributed by atoms with van der Waals surface area (Å²) in [6.07, 6.45) is 2.87. The van der Waals surface area contributed by atoms with Crippen LogP contribution in [0.2, 0.25) is 0 Å². The van der Waals surface area contributed by atoms with Gasteiger partial charge in [-0.2, -0.15) is 0 Å². The van der Waals surface area contributed by atoms with Crippen LogP contribution < -0.4 is 10.9 Å². The smallest absolute Gasteiger partial charge is 0.274 e. The Morgan fingerprint density at radius 3 is 2.58 bits per heavy atom. The molecule has 188 valence electrons. The van der Waals surface area contributed by atoms with Crippen molar-refractivity contribution < 1.29 is 4.79 Å². The lowest BCUT2D eigenvalue weighted by molar-refractivity contribution is 0.0595. The third-order valence-corrected chi connectivity index (χ3v) is 8.02. The fraction of sp³-hybridized carbons (Fsp3) is 0.219. The number of anilines is 1. The SMILES string of the molecule is O=C(c1ccc2ccccc2c1)N1CC2CC(C1)c1ccc(NCc3cnc4ccccc4c3)c(=O)n1C2. The first-order valence-corrected chi connectivity index (χ1v) is 13.2. The Labute approximate surface area is 220 Å². The molecule has 2 bridgehead atoms. The number of piperidine rings is 1. The summed E-state index contributed by atoms with van der Waals surface area (Å²) < 4.78 is 1.93. The Morgan fingerprint density at radius 2 is 1.68 bits per heavy atom. The molecule has 5 aromatic rings. The molecule has 2 unspecified atom stereocenters. The van der Waals surface area contributed by atoms with Gasteiger partial charge in [-0.1, -0.05) is 48.5 Å². The summed E-state index contributed by atoms with van der Waals surface area (Å²) in [4.78, 5) is 33.4. The maximum absolute atomic E-state index is 13.5. The highest BCUT2D eigenvalue weighted by Gasteiger charge is 2.37. The number of fused-ring (bicyclic) bond motifs is 6. The minimum atomic E-state index is 0.0141. The van der Waals surface area contributed by atoms with E-state index >= 15 is 0 Å². The van der Waals surface area contributed by atoms with Crippen LogP contribution >= 0.6 is 0 Å². The van der Waals surface area contributed by atoms with E-state index in [2.05, 4.69) is 28.5 Å². The van der Waals surface area contributed by atoms with Crippen molar-refractivity contribution in [3.63, 3.8) is 0 Å². The van der Waals surface area contributed by atoms with Crippen LogP contribution in [-0.4, -0.2) is 33.4 Å². The molecule has 0 saturated carbocycles. The number of aromatic nitrogens is 2. The molecule has 7 rings (SSSR count). The van der Waals surface area contributed by atoms with E-state index in [0.29, 0.717) is 31.9 Å². The Bertz CT molecular complexity index is 1760. The van der Waals surface area contributed by atoms with Gasteiger partial charge in [-0.05, 0) is 65.1 Å². The number of benzene rings is 3. The van der Waals surface area contributed by atoms with Gasteiger partial charge in [0.05, 0.1) is 5.52 Å². The van der Waals surface area contributed by atoms with Crippen molar-refractivity contribution in [1.29, 1.82) is 0 Å². The second-order valence-electron chi connectivity index (χ2n) is 10.5. The molecule has 2 aliphatic rings. The fourth-order valence-electron chi connectivity index (χ4n) is 6.16. The Hall–Kier alpha value is -4.45. The lowest BCUT2D eigenvalue weighted by atomic mass is 9.83. The summed E-state index contributed by atoms with van der Waals surface area (Å²) in [5, 5.41) is 6.63. The number of nitrogens with one attached hydrogen (secondary N) is 1. The molecular weight excluding hydrogens is 472 g/mol. The van der Waals surface area contributed by atoms with Crippen LogP contribution in [0.15, 0.2) is 95.9 Å². The monoisotopic (exact) mass is 500 g/mol. The van der Waals surface area contributed by atoms with E-state index in [-0.39, 0.29) is 23.3 Å². The summed E-state index contributed by atoms with van der Waals surface area (Å²) in [6.45, 7) is 2.48. The lowest BCUT2D eigenvalue weighted by Crippen LogP contribution is -2.49. The lowest BCUT2D eigenvalue weighted by Gasteiger charge is -2.43. The van der Waals surface area contributed by atoms with E-state index in [1.165, 1.54) is 0 Å². The molecule has 38 heavy (non-hydrogen) atoms. The van der Waals surface area contributed by atoms with Crippen LogP contribution in [0.5, 0.6) is 0 Å². The van der Waals surface area contributed by atoms with Gasteiger partial charge in [-0.3, -0.25) is 14.6 Å². The van der Waals surface area contributed by atoms with Crippen molar-refractivity contribution in [2.75, 3.05) is 18.4 Å². The average Bonchev–Trinajstić information content (AvgIpc) is 2.96. The second-order valence-corrected chi connectivity index (χ2v) is 10.5. The van der Waals surface area contributed by atoms with Gasteiger partial charge in [0.15, 0.2) is 0 Å². The Kier molecular flexibility index (Phi) is 5.46. The summed E-state index contributed by atoms with van der Waals surface area (Å²) in [7, 11) is 0. The van der Waals surface area contributed by atoms with Gasteiger partial charge >= 0.3 is 0 Å². The third-order valence-electron chi connectivity index (χ3n) is 8.02. The van der Waals surface area contributed by atoms with Crippen molar-refractivity contribution in [1.82, 2.24) is 14.5 Å². The van der Waals surface area contributed by atoms with E-state index in [1.54, 1.807) is 0 Å². The molecule has 1 fully saturated rings. The molecule has 1 N–H and O–H groups in total. The highest BCUT2D eigenvalue weighted by molar-refractivity contribution is 5.98. The Morgan fingerprint density at radius 1 is 0.868 bits per heavy atom. The number of carbonyl (C=O) groups excluding carboxylic acids is 1. The number of likely N-dealkylation sites (tertiary alicyclic amines) is 1. The summed E-state index contributed by atoms with van der Waals surface area (Å²) in [5.41, 5.74) is 4.37. The van der Waals surface area contributed by atoms with E-state index < -0.39 is 0 Å². The molecule has 2 atom stereocenters. The maximum atomic E-state index is 13.5. The van der Waals surface area contributed by atoms with Crippen molar-refractivity contribution in [2.45, 2.75) is 25.4 Å². The van der Waals surface area contributed by atoms with Crippen LogP contribution in [0.25, 0.3) is 21.7 Å². The highest BCUT2D eigenvalue weighted by atomic mass is 16.2. The molecule has 6 heteroatoms. The second kappa shape index (κ2) is 9.14. The molecule has 0 radical (unpaired) electrons. The summed E-state index contributed by atoms with van der Waals surface area (Å²) in [6, 6.07) is 28.1. The van der Waals surface area contributed by atoms with E-state index in [4.69, 9.17) is 0 Å². The summed E-state index contributed by atoms with van der Waals surface area (Å²) in [5.74, 6) is 0.505. The minimum Gasteiger partial charge on any atom is -0.376 e. The predicted molar refractivity (Wildman–Crippen MR) is 150 cm³/mol. The van der Waals surface area contributed by atoms with Crippen molar-refractivity contribution in [2.24, 2.45) is 5.92 Å². The van der Waals surface area contributed by atoms with Gasteiger partial charge in [0.25, 0.3) is 11.5 Å². The standard InChI is InChI=1S/C32H28N4O2/c37-31(26-10-9-23-5-1-2-6-24(23)15-26)35-18-22-14-27(20-35)30-12-11-29(32(38)36(30)19-22)34-17-21-13-25-7-3-4-8-28(25)33-16-21/h1-13,15-16,22,27,34H,14,17-20H2.